The van der Waals surface area contributed by atoms with E-state index in [2.05, 4.69) is 4.74 Å². The van der Waals surface area contributed by atoms with E-state index in [4.69, 9.17) is 0 Å². The lowest BCUT2D eigenvalue weighted by molar-refractivity contribution is -0.525. The molecule has 0 aromatic rings. The molecule has 15 heteroatoms. The third-order valence-corrected chi connectivity index (χ3v) is 2.12. The molecule has 0 N–H and O–H groups in total. The van der Waals surface area contributed by atoms with E-state index in [1.807, 2.05) is 0 Å². The predicted molar refractivity (Wildman–Crippen MR) is 38.9 cm³/mol. The molecule has 0 spiro atoms. The van der Waals surface area contributed by atoms with Gasteiger partial charge in [-0.15, -0.1) is 13.2 Å². The highest BCUT2D eigenvalue weighted by Gasteiger charge is 2.91. The van der Waals surface area contributed by atoms with Gasteiger partial charge < -0.3 is 4.74 Å². The zero-order valence-corrected chi connectivity index (χ0v) is 9.73. The molecule has 0 saturated heterocycles. The Morgan fingerprint density at radius 2 is 0.909 bits per heavy atom. The smallest absolute Gasteiger partial charge is 0.339 e. The van der Waals surface area contributed by atoms with E-state index in [9.17, 15) is 57.1 Å². The first-order valence-corrected chi connectivity index (χ1v) is 4.48. The van der Waals surface area contributed by atoms with Crippen LogP contribution >= 0.6 is 0 Å². The summed E-state index contributed by atoms with van der Waals surface area (Å²) < 4.78 is 164. The Balaban J connectivity index is 6.38. The first-order chi connectivity index (χ1) is 9.27. The molecule has 0 aliphatic carbocycles. The van der Waals surface area contributed by atoms with E-state index in [1.165, 1.54) is 0 Å². The van der Waals surface area contributed by atoms with Crippen LogP contribution in [0.15, 0.2) is 0 Å². The fourth-order valence-corrected chi connectivity index (χ4v) is 1.20. The SMILES string of the molecule is COC(F)(C(F)(F)OC(F)(F)F)C(F)(C(F)(F)F)C(F)(F)F. The summed E-state index contributed by atoms with van der Waals surface area (Å²) in [6.45, 7) is 0. The number of alkyl halides is 13. The maximum atomic E-state index is 13.5. The van der Waals surface area contributed by atoms with Crippen LogP contribution in [0.5, 0.6) is 0 Å². The van der Waals surface area contributed by atoms with Crippen molar-refractivity contribution in [3.8, 4) is 0 Å². The maximum absolute atomic E-state index is 13.5. The average molecular weight is 366 g/mol. The molecule has 0 heterocycles. The van der Waals surface area contributed by atoms with E-state index < -0.39 is 43.5 Å². The highest BCUT2D eigenvalue weighted by Crippen LogP contribution is 2.59. The standard InChI is InChI=1S/C7H3F13O2/c1-21-3(9,6(16,17)22-7(18,19)20)2(8,4(10,11)12)5(13,14)15/h1H3. The van der Waals surface area contributed by atoms with Gasteiger partial charge in [-0.3, -0.25) is 0 Å². The molecule has 0 aliphatic heterocycles. The van der Waals surface area contributed by atoms with Gasteiger partial charge in [0, 0.05) is 7.11 Å². The zero-order chi connectivity index (χ0) is 18.4. The normalized spacial score (nSPS) is 18.3. The van der Waals surface area contributed by atoms with E-state index in [1.54, 1.807) is 4.74 Å². The van der Waals surface area contributed by atoms with Gasteiger partial charge in [0.2, 0.25) is 0 Å². The van der Waals surface area contributed by atoms with E-state index in [0.717, 1.165) is 0 Å². The molecule has 0 amide bonds. The summed E-state index contributed by atoms with van der Waals surface area (Å²) in [5.74, 6) is -6.92. The van der Waals surface area contributed by atoms with Gasteiger partial charge in [-0.1, -0.05) is 0 Å². The van der Waals surface area contributed by atoms with Gasteiger partial charge in [-0.25, -0.2) is 9.13 Å². The number of rotatable bonds is 4. The number of hydrogen-bond acceptors (Lipinski definition) is 2. The van der Waals surface area contributed by atoms with Crippen molar-refractivity contribution < 1.29 is 66.5 Å². The van der Waals surface area contributed by atoms with Crippen molar-refractivity contribution >= 4 is 0 Å². The van der Waals surface area contributed by atoms with Crippen LogP contribution in [0.25, 0.3) is 0 Å². The van der Waals surface area contributed by atoms with Gasteiger partial charge in [0.15, 0.2) is 0 Å². The molecule has 1 atom stereocenters. The van der Waals surface area contributed by atoms with Crippen molar-refractivity contribution in [1.29, 1.82) is 0 Å². The quantitative estimate of drug-likeness (QED) is 0.693. The lowest BCUT2D eigenvalue weighted by Gasteiger charge is -2.42. The third-order valence-electron chi connectivity index (χ3n) is 2.12. The number of halogens is 13. The highest BCUT2D eigenvalue weighted by molar-refractivity contribution is 5.09. The molecule has 1 unspecified atom stereocenters. The maximum Gasteiger partial charge on any atom is 0.527 e. The second-order valence-corrected chi connectivity index (χ2v) is 3.52. The van der Waals surface area contributed by atoms with Crippen LogP contribution < -0.4 is 0 Å². The molecular formula is C7H3F13O2. The summed E-state index contributed by atoms with van der Waals surface area (Å²) in [6, 6.07) is 0. The first-order valence-electron chi connectivity index (χ1n) is 4.48. The summed E-state index contributed by atoms with van der Waals surface area (Å²) in [7, 11) is -0.639. The van der Waals surface area contributed by atoms with Crippen molar-refractivity contribution in [2.45, 2.75) is 36.3 Å². The van der Waals surface area contributed by atoms with Crippen molar-refractivity contribution in [3.05, 3.63) is 0 Å². The van der Waals surface area contributed by atoms with E-state index >= 15 is 0 Å². The predicted octanol–water partition coefficient (Wildman–Crippen LogP) is 4.26. The monoisotopic (exact) mass is 366 g/mol. The van der Waals surface area contributed by atoms with Gasteiger partial charge in [0.05, 0.1) is 0 Å². The van der Waals surface area contributed by atoms with Gasteiger partial charge in [0.1, 0.15) is 0 Å². The Morgan fingerprint density at radius 3 is 1.09 bits per heavy atom. The Morgan fingerprint density at radius 1 is 0.591 bits per heavy atom. The van der Waals surface area contributed by atoms with Crippen molar-refractivity contribution in [1.82, 2.24) is 0 Å². The molecule has 0 saturated carbocycles. The molecule has 22 heavy (non-hydrogen) atoms. The number of methoxy groups -OCH3 is 1. The topological polar surface area (TPSA) is 18.5 Å². The Bertz CT molecular complexity index is 379. The lowest BCUT2D eigenvalue weighted by Crippen LogP contribution is -2.73. The molecule has 0 aromatic carbocycles. The summed E-state index contributed by atoms with van der Waals surface area (Å²) in [6.07, 6.45) is -28.6. The van der Waals surface area contributed by atoms with Crippen molar-refractivity contribution in [2.24, 2.45) is 0 Å². The molecule has 0 radical (unpaired) electrons. The van der Waals surface area contributed by atoms with Gasteiger partial charge >= 0.3 is 36.3 Å². The van der Waals surface area contributed by atoms with Crippen LogP contribution in [-0.4, -0.2) is 43.5 Å². The molecule has 134 valence electrons. The Labute approximate surface area is 111 Å². The summed E-state index contributed by atoms with van der Waals surface area (Å²) in [5.41, 5.74) is -7.53. The van der Waals surface area contributed by atoms with Crippen LogP contribution in [0.1, 0.15) is 0 Å². The Hall–Kier alpha value is -0.990. The largest absolute Gasteiger partial charge is 0.527 e. The molecule has 0 bridgehead atoms. The summed E-state index contributed by atoms with van der Waals surface area (Å²) in [4.78, 5) is 0. The fraction of sp³-hybridized carbons (Fsp3) is 1.00. The minimum absolute atomic E-state index is 0.639. The number of ether oxygens (including phenoxy) is 2. The molecule has 0 aliphatic rings. The fourth-order valence-electron chi connectivity index (χ4n) is 1.20. The minimum atomic E-state index is -7.53. The third kappa shape index (κ3) is 3.18. The van der Waals surface area contributed by atoms with Gasteiger partial charge in [0.25, 0.3) is 0 Å². The van der Waals surface area contributed by atoms with E-state index in [-0.39, 0.29) is 0 Å². The van der Waals surface area contributed by atoms with Gasteiger partial charge in [-0.2, -0.15) is 39.5 Å². The highest BCUT2D eigenvalue weighted by atomic mass is 19.4. The van der Waals surface area contributed by atoms with Gasteiger partial charge in [-0.05, 0) is 0 Å². The second kappa shape index (κ2) is 5.28. The molecular weight excluding hydrogens is 363 g/mol. The minimum Gasteiger partial charge on any atom is -0.339 e. The molecule has 2 nitrogen and oxygen atoms in total. The lowest BCUT2D eigenvalue weighted by atomic mass is 9.93. The van der Waals surface area contributed by atoms with E-state index in [0.29, 0.717) is 0 Å². The first kappa shape index (κ1) is 21.0. The zero-order valence-electron chi connectivity index (χ0n) is 9.73. The van der Waals surface area contributed by atoms with Crippen molar-refractivity contribution in [3.63, 3.8) is 0 Å². The van der Waals surface area contributed by atoms with Crippen LogP contribution in [-0.2, 0) is 9.47 Å². The summed E-state index contributed by atoms with van der Waals surface area (Å²) in [5, 5.41) is 0. The Kier molecular flexibility index (Phi) is 5.04. The second-order valence-electron chi connectivity index (χ2n) is 3.52. The average Bonchev–Trinajstić information content (AvgIpc) is 2.19. The van der Waals surface area contributed by atoms with Crippen LogP contribution in [0, 0.1) is 0 Å². The van der Waals surface area contributed by atoms with Crippen LogP contribution in [0.4, 0.5) is 57.1 Å². The van der Waals surface area contributed by atoms with Crippen LogP contribution in [0.2, 0.25) is 0 Å². The molecule has 0 rings (SSSR count). The number of hydrogen-bond donors (Lipinski definition) is 0. The van der Waals surface area contributed by atoms with Crippen LogP contribution in [0.3, 0.4) is 0 Å². The molecule has 0 fully saturated rings. The van der Waals surface area contributed by atoms with Crippen molar-refractivity contribution in [2.75, 3.05) is 7.11 Å². The molecule has 0 aromatic heterocycles. The summed E-state index contributed by atoms with van der Waals surface area (Å²) >= 11 is 0.